The minimum atomic E-state index is -0.537. The number of nitrogens with one attached hydrogen (secondary N) is 1. The number of fused-ring (bicyclic) bond motifs is 3. The first-order chi connectivity index (χ1) is 15.2. The Morgan fingerprint density at radius 3 is 2.09 bits per heavy atom. The van der Waals surface area contributed by atoms with E-state index < -0.39 is 16.7 Å². The second-order valence-electron chi connectivity index (χ2n) is 9.46. The predicted molar refractivity (Wildman–Crippen MR) is 122 cm³/mol. The van der Waals surface area contributed by atoms with E-state index in [2.05, 4.69) is 5.32 Å². The van der Waals surface area contributed by atoms with Crippen LogP contribution in [0.5, 0.6) is 0 Å². The lowest BCUT2D eigenvalue weighted by atomic mass is 9.52. The number of amides is 1. The molecule has 2 bridgehead atoms. The molecular weight excluding hydrogens is 412 g/mol. The molecule has 0 atom stereocenters. The number of methoxy groups -OCH3 is 1. The Balaban J connectivity index is 1.82. The van der Waals surface area contributed by atoms with Crippen molar-refractivity contribution in [1.82, 2.24) is 9.13 Å². The Kier molecular flexibility index (Phi) is 7.15. The summed E-state index contributed by atoms with van der Waals surface area (Å²) in [6, 6.07) is 0. The Morgan fingerprint density at radius 1 is 1.00 bits per heavy atom. The van der Waals surface area contributed by atoms with Crippen LogP contribution in [0.15, 0.2) is 9.59 Å². The Labute approximate surface area is 188 Å². The average Bonchev–Trinajstić information content (AvgIpc) is 2.81. The summed E-state index contributed by atoms with van der Waals surface area (Å²) in [5, 5.41) is 2.83. The molecule has 0 aromatic carbocycles. The van der Waals surface area contributed by atoms with Gasteiger partial charge >= 0.3 is 11.7 Å². The van der Waals surface area contributed by atoms with Crippen LogP contribution in [-0.4, -0.2) is 28.1 Å². The Morgan fingerprint density at radius 2 is 1.56 bits per heavy atom. The van der Waals surface area contributed by atoms with E-state index in [1.165, 1.54) is 16.2 Å². The van der Waals surface area contributed by atoms with Gasteiger partial charge in [0.25, 0.3) is 5.56 Å². The third kappa shape index (κ3) is 4.34. The average molecular weight is 449 g/mol. The fraction of sp³-hybridized carbons (Fsp3) is 0.739. The number of nitrogens with zero attached hydrogens (tertiary/aromatic N) is 2. The van der Waals surface area contributed by atoms with Crippen molar-refractivity contribution in [2.45, 2.75) is 91.1 Å². The van der Waals surface area contributed by atoms with Crippen molar-refractivity contribution < 1.29 is 14.3 Å². The molecule has 0 aliphatic heterocycles. The maximum atomic E-state index is 13.4. The smallest absolute Gasteiger partial charge is 0.332 e. The van der Waals surface area contributed by atoms with E-state index in [0.717, 1.165) is 44.9 Å². The van der Waals surface area contributed by atoms with Crippen molar-refractivity contribution in [2.75, 3.05) is 18.2 Å². The van der Waals surface area contributed by atoms with E-state index in [-0.39, 0.29) is 35.3 Å². The highest BCUT2D eigenvalue weighted by Crippen LogP contribution is 2.59. The van der Waals surface area contributed by atoms with Gasteiger partial charge in [-0.2, -0.15) is 0 Å². The molecule has 3 aliphatic rings. The van der Waals surface area contributed by atoms with Crippen molar-refractivity contribution in [1.29, 1.82) is 0 Å². The Hall–Kier alpha value is -2.58. The van der Waals surface area contributed by atoms with Gasteiger partial charge in [0.1, 0.15) is 11.5 Å². The van der Waals surface area contributed by atoms with Crippen LogP contribution in [0.4, 0.5) is 11.5 Å². The molecule has 0 spiro atoms. The van der Waals surface area contributed by atoms with Crippen molar-refractivity contribution in [3.63, 3.8) is 0 Å². The van der Waals surface area contributed by atoms with Crippen LogP contribution < -0.4 is 22.3 Å². The lowest BCUT2D eigenvalue weighted by molar-refractivity contribution is -0.144. The molecule has 3 aliphatic carbocycles. The zero-order valence-electron chi connectivity index (χ0n) is 19.5. The second kappa shape index (κ2) is 9.50. The highest BCUT2D eigenvalue weighted by atomic mass is 16.5. The van der Waals surface area contributed by atoms with Gasteiger partial charge in [0, 0.05) is 24.9 Å². The van der Waals surface area contributed by atoms with Crippen LogP contribution in [0.25, 0.3) is 0 Å². The molecule has 1 aromatic rings. The lowest BCUT2D eigenvalue weighted by Crippen LogP contribution is -2.49. The molecule has 4 rings (SSSR count). The number of esters is 1. The highest BCUT2D eigenvalue weighted by molar-refractivity contribution is 5.97. The summed E-state index contributed by atoms with van der Waals surface area (Å²) in [4.78, 5) is 50.7. The zero-order valence-corrected chi connectivity index (χ0v) is 19.5. The Bertz CT molecular complexity index is 969. The van der Waals surface area contributed by atoms with Gasteiger partial charge in [-0.1, -0.05) is 13.8 Å². The highest BCUT2D eigenvalue weighted by Gasteiger charge is 2.52. The SMILES string of the molecule is CCCn1c(N)c(NC(=O)C23CCC(CCC(=O)OC)(CC2)CC3)c(=O)n(CCC)c1=O. The second-order valence-corrected chi connectivity index (χ2v) is 9.46. The first-order valence-corrected chi connectivity index (χ1v) is 11.7. The van der Waals surface area contributed by atoms with Crippen molar-refractivity contribution >= 4 is 23.4 Å². The number of anilines is 2. The minimum Gasteiger partial charge on any atom is -0.469 e. The molecule has 32 heavy (non-hydrogen) atoms. The van der Waals surface area contributed by atoms with Crippen LogP contribution in [0.3, 0.4) is 0 Å². The van der Waals surface area contributed by atoms with Crippen molar-refractivity contribution in [2.24, 2.45) is 10.8 Å². The van der Waals surface area contributed by atoms with Gasteiger partial charge in [0.05, 0.1) is 7.11 Å². The summed E-state index contributed by atoms with van der Waals surface area (Å²) in [5.74, 6) is -0.356. The fourth-order valence-corrected chi connectivity index (χ4v) is 5.39. The molecule has 0 saturated heterocycles. The molecule has 178 valence electrons. The van der Waals surface area contributed by atoms with Crippen LogP contribution in [-0.2, 0) is 27.4 Å². The van der Waals surface area contributed by atoms with E-state index in [0.29, 0.717) is 25.8 Å². The third-order valence-electron chi connectivity index (χ3n) is 7.57. The maximum absolute atomic E-state index is 13.4. The van der Waals surface area contributed by atoms with Crippen LogP contribution in [0.2, 0.25) is 0 Å². The molecule has 3 saturated carbocycles. The molecule has 3 N–H and O–H groups in total. The molecule has 9 nitrogen and oxygen atoms in total. The first kappa shape index (κ1) is 24.1. The van der Waals surface area contributed by atoms with Crippen LogP contribution >= 0.6 is 0 Å². The number of hydrogen-bond acceptors (Lipinski definition) is 6. The maximum Gasteiger partial charge on any atom is 0.332 e. The quantitative estimate of drug-likeness (QED) is 0.560. The summed E-state index contributed by atoms with van der Waals surface area (Å²) in [5.41, 5.74) is 4.81. The largest absolute Gasteiger partial charge is 0.469 e. The van der Waals surface area contributed by atoms with Crippen LogP contribution in [0.1, 0.15) is 78.1 Å². The predicted octanol–water partition coefficient (Wildman–Crippen LogP) is 2.64. The summed E-state index contributed by atoms with van der Waals surface area (Å²) < 4.78 is 7.33. The summed E-state index contributed by atoms with van der Waals surface area (Å²) in [6.45, 7) is 4.47. The number of nitrogen functional groups attached to an aromatic ring is 1. The summed E-state index contributed by atoms with van der Waals surface area (Å²) in [7, 11) is 1.40. The number of ether oxygens (including phenoxy) is 1. The van der Waals surface area contributed by atoms with Crippen molar-refractivity contribution in [3.8, 4) is 0 Å². The molecular formula is C23H36N4O5. The number of carbonyl (C=O) groups is 2. The van der Waals surface area contributed by atoms with Gasteiger partial charge < -0.3 is 15.8 Å². The molecule has 1 amide bonds. The number of nitrogens with two attached hydrogens (primary N) is 1. The van der Waals surface area contributed by atoms with Gasteiger partial charge in [-0.15, -0.1) is 0 Å². The number of rotatable bonds is 9. The topological polar surface area (TPSA) is 125 Å². The number of aromatic nitrogens is 2. The zero-order chi connectivity index (χ0) is 23.5. The van der Waals surface area contributed by atoms with E-state index in [1.807, 2.05) is 13.8 Å². The number of carbonyl (C=O) groups excluding carboxylic acids is 2. The molecule has 0 radical (unpaired) electrons. The number of hydrogen-bond donors (Lipinski definition) is 2. The van der Waals surface area contributed by atoms with Gasteiger partial charge in [-0.3, -0.25) is 23.5 Å². The van der Waals surface area contributed by atoms with E-state index in [1.54, 1.807) is 0 Å². The van der Waals surface area contributed by atoms with Crippen molar-refractivity contribution in [3.05, 3.63) is 20.8 Å². The van der Waals surface area contributed by atoms with Gasteiger partial charge in [0.2, 0.25) is 5.91 Å². The van der Waals surface area contributed by atoms with Gasteiger partial charge in [0.15, 0.2) is 0 Å². The van der Waals surface area contributed by atoms with Gasteiger partial charge in [-0.05, 0) is 63.2 Å². The summed E-state index contributed by atoms with van der Waals surface area (Å²) >= 11 is 0. The normalized spacial score (nSPS) is 24.3. The monoisotopic (exact) mass is 448 g/mol. The fourth-order valence-electron chi connectivity index (χ4n) is 5.39. The van der Waals surface area contributed by atoms with E-state index in [9.17, 15) is 19.2 Å². The molecule has 9 heteroatoms. The summed E-state index contributed by atoms with van der Waals surface area (Å²) in [6.07, 6.45) is 7.28. The molecule has 3 fully saturated rings. The van der Waals surface area contributed by atoms with Crippen LogP contribution in [0, 0.1) is 10.8 Å². The van der Waals surface area contributed by atoms with Gasteiger partial charge in [-0.25, -0.2) is 4.79 Å². The molecule has 1 heterocycles. The molecule has 0 unspecified atom stereocenters. The standard InChI is InChI=1S/C23H36N4O5/c1-4-14-26-18(24)17(19(29)27(15-5-2)21(26)31)25-20(30)23-11-8-22(9-12-23,10-13-23)7-6-16(28)32-3/h4-15,24H2,1-3H3,(H,25,30). The minimum absolute atomic E-state index is 0.0129. The molecule has 1 aromatic heterocycles. The van der Waals surface area contributed by atoms with E-state index in [4.69, 9.17) is 10.5 Å². The third-order valence-corrected chi connectivity index (χ3v) is 7.57. The lowest BCUT2D eigenvalue weighted by Gasteiger charge is -2.52. The van der Waals surface area contributed by atoms with E-state index >= 15 is 0 Å². The first-order valence-electron chi connectivity index (χ1n) is 11.7.